The van der Waals surface area contributed by atoms with E-state index in [1.807, 2.05) is 18.2 Å². The van der Waals surface area contributed by atoms with E-state index < -0.39 is 18.3 Å². The number of allylic oxidation sites excluding steroid dienone is 2. The summed E-state index contributed by atoms with van der Waals surface area (Å²) in [6.45, 7) is 2.13. The number of hydrogen-bond donors (Lipinski definition) is 3. The van der Waals surface area contributed by atoms with Gasteiger partial charge in [-0.1, -0.05) is 50.5 Å². The van der Waals surface area contributed by atoms with Gasteiger partial charge in [-0.15, -0.1) is 0 Å². The molecule has 0 aromatic rings. The fourth-order valence-electron chi connectivity index (χ4n) is 3.50. The number of unbranched alkanes of at least 4 members (excludes halogenated alkanes) is 3. The number of aliphatic hydroxyl groups is 3. The van der Waals surface area contributed by atoms with Crippen LogP contribution in [0.5, 0.6) is 0 Å². The maximum Gasteiger partial charge on any atom is 0.305 e. The lowest BCUT2D eigenvalue weighted by molar-refractivity contribution is -0.140. The van der Waals surface area contributed by atoms with Gasteiger partial charge in [-0.3, -0.25) is 4.79 Å². The van der Waals surface area contributed by atoms with E-state index in [-0.39, 0.29) is 17.8 Å². The van der Waals surface area contributed by atoms with Crippen LogP contribution in [-0.4, -0.2) is 46.7 Å². The van der Waals surface area contributed by atoms with Crippen LogP contribution in [0.3, 0.4) is 0 Å². The molecule has 0 aliphatic heterocycles. The van der Waals surface area contributed by atoms with Crippen LogP contribution in [0, 0.1) is 11.8 Å². The first-order valence-electron chi connectivity index (χ1n) is 9.93. The van der Waals surface area contributed by atoms with E-state index in [1.165, 1.54) is 7.11 Å². The summed E-state index contributed by atoms with van der Waals surface area (Å²) < 4.78 is 4.60. The highest BCUT2D eigenvalue weighted by Gasteiger charge is 2.39. The second-order valence-electron chi connectivity index (χ2n) is 7.24. The first kappa shape index (κ1) is 22.9. The molecule has 0 aromatic carbocycles. The van der Waals surface area contributed by atoms with Crippen LogP contribution < -0.4 is 0 Å². The van der Waals surface area contributed by atoms with Crippen LogP contribution in [0.4, 0.5) is 0 Å². The first-order valence-corrected chi connectivity index (χ1v) is 9.93. The smallest absolute Gasteiger partial charge is 0.305 e. The third-order valence-corrected chi connectivity index (χ3v) is 5.13. The highest BCUT2D eigenvalue weighted by Crippen LogP contribution is 2.36. The highest BCUT2D eigenvalue weighted by atomic mass is 16.5. The topological polar surface area (TPSA) is 87.0 Å². The summed E-state index contributed by atoms with van der Waals surface area (Å²) in [7, 11) is 1.39. The van der Waals surface area contributed by atoms with Gasteiger partial charge >= 0.3 is 5.97 Å². The number of carbonyl (C=O) groups excluding carboxylic acids is 1. The minimum absolute atomic E-state index is 0.0408. The summed E-state index contributed by atoms with van der Waals surface area (Å²) in [6, 6.07) is 0. The number of methoxy groups -OCH3 is 1. The molecule has 1 fully saturated rings. The van der Waals surface area contributed by atoms with Gasteiger partial charge in [-0.25, -0.2) is 0 Å². The van der Waals surface area contributed by atoms with E-state index in [0.29, 0.717) is 19.3 Å². The summed E-state index contributed by atoms with van der Waals surface area (Å²) >= 11 is 0. The number of hydrogen-bond acceptors (Lipinski definition) is 5. The van der Waals surface area contributed by atoms with Gasteiger partial charge in [0, 0.05) is 18.8 Å². The SMILES string of the molecule is CCCCC[C@H](O)/C=C/[C@H]1[C@H](O)CC(O)[C@@H]1C/C=C\CCCC(=O)OC. The van der Waals surface area contributed by atoms with E-state index in [2.05, 4.69) is 11.7 Å². The standard InChI is InChI=1S/C21H36O5/c1-3-4-7-10-16(22)13-14-18-17(19(23)15-20(18)24)11-8-5-6-9-12-21(25)26-2/h5,8,13-14,16-20,22-24H,3-4,6-7,9-12,15H2,1-2H3/b8-5-,14-13+/t16-,17+,18+,19?,20+/m0/s1. The van der Waals surface area contributed by atoms with Crippen LogP contribution in [-0.2, 0) is 9.53 Å². The quantitative estimate of drug-likeness (QED) is 0.280. The predicted molar refractivity (Wildman–Crippen MR) is 103 cm³/mol. The molecule has 5 heteroatoms. The monoisotopic (exact) mass is 368 g/mol. The number of esters is 1. The van der Waals surface area contributed by atoms with Gasteiger partial charge in [0.25, 0.3) is 0 Å². The summed E-state index contributed by atoms with van der Waals surface area (Å²) in [6.07, 6.45) is 13.1. The number of ether oxygens (including phenoxy) is 1. The Kier molecular flexibility index (Phi) is 11.5. The zero-order valence-electron chi connectivity index (χ0n) is 16.2. The summed E-state index contributed by atoms with van der Waals surface area (Å²) in [5.74, 6) is -0.373. The average Bonchev–Trinajstić information content (AvgIpc) is 2.89. The Labute approximate surface area is 157 Å². The fraction of sp³-hybridized carbons (Fsp3) is 0.762. The maximum absolute atomic E-state index is 11.1. The lowest BCUT2D eigenvalue weighted by Gasteiger charge is -2.19. The van der Waals surface area contributed by atoms with Crippen molar-refractivity contribution in [1.29, 1.82) is 0 Å². The molecule has 0 heterocycles. The van der Waals surface area contributed by atoms with Crippen LogP contribution in [0.2, 0.25) is 0 Å². The Morgan fingerprint density at radius 2 is 1.96 bits per heavy atom. The molecular formula is C21H36O5. The predicted octanol–water partition coefficient (Wildman–Crippen LogP) is 3.13. The zero-order valence-corrected chi connectivity index (χ0v) is 16.2. The van der Waals surface area contributed by atoms with Crippen molar-refractivity contribution in [2.45, 2.75) is 83.0 Å². The van der Waals surface area contributed by atoms with Crippen molar-refractivity contribution in [2.75, 3.05) is 7.11 Å². The second-order valence-corrected chi connectivity index (χ2v) is 7.24. The molecule has 1 aliphatic rings. The Morgan fingerprint density at radius 3 is 2.65 bits per heavy atom. The molecule has 1 rings (SSSR count). The summed E-state index contributed by atoms with van der Waals surface area (Å²) in [5, 5.41) is 30.5. The van der Waals surface area contributed by atoms with E-state index in [0.717, 1.165) is 38.5 Å². The van der Waals surface area contributed by atoms with Crippen LogP contribution >= 0.6 is 0 Å². The minimum Gasteiger partial charge on any atom is -0.469 e. The molecule has 5 atom stereocenters. The molecule has 0 bridgehead atoms. The molecule has 0 amide bonds. The Morgan fingerprint density at radius 1 is 1.19 bits per heavy atom. The van der Waals surface area contributed by atoms with Gasteiger partial charge in [-0.2, -0.15) is 0 Å². The van der Waals surface area contributed by atoms with Crippen molar-refractivity contribution in [3.8, 4) is 0 Å². The largest absolute Gasteiger partial charge is 0.469 e. The molecule has 0 radical (unpaired) electrons. The van der Waals surface area contributed by atoms with Crippen molar-refractivity contribution in [1.82, 2.24) is 0 Å². The fourth-order valence-corrected chi connectivity index (χ4v) is 3.50. The lowest BCUT2D eigenvalue weighted by Crippen LogP contribution is -2.20. The molecule has 0 spiro atoms. The Bertz CT molecular complexity index is 446. The molecule has 1 unspecified atom stereocenters. The van der Waals surface area contributed by atoms with Crippen molar-refractivity contribution in [3.63, 3.8) is 0 Å². The number of rotatable bonds is 12. The second kappa shape index (κ2) is 13.1. The van der Waals surface area contributed by atoms with Gasteiger partial charge in [0.05, 0.1) is 25.4 Å². The van der Waals surface area contributed by atoms with Gasteiger partial charge in [0.2, 0.25) is 0 Å². The average molecular weight is 369 g/mol. The van der Waals surface area contributed by atoms with E-state index in [4.69, 9.17) is 0 Å². The first-order chi connectivity index (χ1) is 12.5. The molecule has 26 heavy (non-hydrogen) atoms. The van der Waals surface area contributed by atoms with Gasteiger partial charge in [0.1, 0.15) is 0 Å². The van der Waals surface area contributed by atoms with Crippen LogP contribution in [0.15, 0.2) is 24.3 Å². The third-order valence-electron chi connectivity index (χ3n) is 5.13. The van der Waals surface area contributed by atoms with Gasteiger partial charge < -0.3 is 20.1 Å². The van der Waals surface area contributed by atoms with Crippen LogP contribution in [0.25, 0.3) is 0 Å². The molecule has 0 saturated heterocycles. The van der Waals surface area contributed by atoms with Crippen molar-refractivity contribution >= 4 is 5.97 Å². The number of aliphatic hydroxyl groups excluding tert-OH is 3. The molecule has 1 saturated carbocycles. The van der Waals surface area contributed by atoms with Crippen molar-refractivity contribution in [2.24, 2.45) is 11.8 Å². The molecule has 150 valence electrons. The van der Waals surface area contributed by atoms with Crippen molar-refractivity contribution in [3.05, 3.63) is 24.3 Å². The molecule has 5 nitrogen and oxygen atoms in total. The number of carbonyl (C=O) groups is 1. The molecule has 0 aromatic heterocycles. The minimum atomic E-state index is -0.568. The lowest BCUT2D eigenvalue weighted by atomic mass is 9.89. The van der Waals surface area contributed by atoms with Gasteiger partial charge in [-0.05, 0) is 31.6 Å². The van der Waals surface area contributed by atoms with E-state index >= 15 is 0 Å². The molecule has 3 N–H and O–H groups in total. The zero-order chi connectivity index (χ0) is 19.4. The summed E-state index contributed by atoms with van der Waals surface area (Å²) in [5.41, 5.74) is 0. The van der Waals surface area contributed by atoms with E-state index in [1.54, 1.807) is 6.08 Å². The Balaban J connectivity index is 2.44. The third kappa shape index (κ3) is 8.47. The van der Waals surface area contributed by atoms with Crippen molar-refractivity contribution < 1.29 is 24.9 Å². The summed E-state index contributed by atoms with van der Waals surface area (Å²) in [4.78, 5) is 11.1. The normalized spacial score (nSPS) is 27.4. The molecule has 1 aliphatic carbocycles. The molecular weight excluding hydrogens is 332 g/mol. The van der Waals surface area contributed by atoms with Gasteiger partial charge in [0.15, 0.2) is 0 Å². The highest BCUT2D eigenvalue weighted by molar-refractivity contribution is 5.69. The Hall–Kier alpha value is -1.17. The van der Waals surface area contributed by atoms with Crippen LogP contribution in [0.1, 0.15) is 64.7 Å². The maximum atomic E-state index is 11.1. The van der Waals surface area contributed by atoms with E-state index in [9.17, 15) is 20.1 Å².